The van der Waals surface area contributed by atoms with Crippen LogP contribution in [0.3, 0.4) is 0 Å². The van der Waals surface area contributed by atoms with Crippen LogP contribution in [-0.2, 0) is 4.74 Å². The van der Waals surface area contributed by atoms with E-state index in [1.54, 1.807) is 0 Å². The second-order valence-electron chi connectivity index (χ2n) is 8.31. The number of pyridine rings is 1. The molecule has 0 radical (unpaired) electrons. The van der Waals surface area contributed by atoms with E-state index in [9.17, 15) is 9.59 Å². The Morgan fingerprint density at radius 3 is 2.65 bits per heavy atom. The average molecular weight is 584 g/mol. The molecule has 5 rings (SSSR count). The van der Waals surface area contributed by atoms with Gasteiger partial charge in [-0.05, 0) is 36.8 Å². The molecule has 2 N–H and O–H groups in total. The number of benzene rings is 2. The second kappa shape index (κ2) is 11.2. The normalized spacial score (nSPS) is 11.0. The van der Waals surface area contributed by atoms with Gasteiger partial charge in [0.05, 0.1) is 40.9 Å². The van der Waals surface area contributed by atoms with Gasteiger partial charge in [0.1, 0.15) is 34.5 Å². The molecule has 0 bridgehead atoms. The smallest absolute Gasteiger partial charge is 0.411 e. The number of carboxylic acids is 1. The van der Waals surface area contributed by atoms with Crippen LogP contribution in [-0.4, -0.2) is 57.4 Å². The first-order valence-electron chi connectivity index (χ1n) is 11.6. The van der Waals surface area contributed by atoms with Gasteiger partial charge in [-0.2, -0.15) is 0 Å². The number of carbonyl (C=O) groups is 2. The van der Waals surface area contributed by atoms with Crippen LogP contribution in [0, 0.1) is 12.7 Å². The summed E-state index contributed by atoms with van der Waals surface area (Å²) in [5, 5.41) is 11.7. The number of aromatic carboxylic acids is 1. The van der Waals surface area contributed by atoms with Gasteiger partial charge in [-0.3, -0.25) is 5.32 Å². The quantitative estimate of drug-likeness (QED) is 0.217. The summed E-state index contributed by atoms with van der Waals surface area (Å²) in [6.45, 7) is 1.56. The van der Waals surface area contributed by atoms with Crippen molar-refractivity contribution >= 4 is 61.9 Å². The number of hydrogen-bond donors (Lipinski definition) is 2. The predicted octanol–water partition coefficient (Wildman–Crippen LogP) is 5.74. The molecule has 0 saturated heterocycles. The minimum Gasteiger partial charge on any atom is -0.487 e. The third kappa shape index (κ3) is 5.55. The van der Waals surface area contributed by atoms with Crippen molar-refractivity contribution in [3.8, 4) is 22.2 Å². The molecule has 0 spiro atoms. The van der Waals surface area contributed by atoms with Gasteiger partial charge < -0.3 is 19.3 Å². The first-order valence-corrected chi connectivity index (χ1v) is 12.8. The molecule has 0 fully saturated rings. The first-order chi connectivity index (χ1) is 19.2. The minimum absolute atomic E-state index is 0.121. The average Bonchev–Trinajstić information content (AvgIpc) is 3.37. The number of ether oxygens (including phenoxy) is 3. The van der Waals surface area contributed by atoms with Gasteiger partial charge in [0.15, 0.2) is 11.6 Å². The standard InChI is InChI=1S/C26H19ClFN5O6S/c1-12-7-14(22-16(8-12)32-19(37-2)11-30-22)24-33-23-18(40-24)9-17(21(28)20(23)27)38-5-6-39-26(36)31-13-3-4-15(25(34)35)29-10-13/h3-4,7-11H,5-6H2,1-2H3,(H,31,36)(H,34,35). The SMILES string of the molecule is COc1cnc2c(-c3nc4c(Cl)c(F)c(OCCOC(=O)Nc5ccc(C(=O)O)nc5)cc4s3)cc(C)cc2n1. The molecule has 5 aromatic rings. The number of fused-ring (bicyclic) bond motifs is 2. The summed E-state index contributed by atoms with van der Waals surface area (Å²) in [6.07, 6.45) is 1.88. The number of rotatable bonds is 8. The molecule has 204 valence electrons. The number of aryl methyl sites for hydroxylation is 1. The number of thiazole rings is 1. The zero-order valence-electron chi connectivity index (χ0n) is 20.9. The molecule has 1 amide bonds. The number of amides is 1. The fourth-order valence-electron chi connectivity index (χ4n) is 3.75. The van der Waals surface area contributed by atoms with Gasteiger partial charge in [-0.15, -0.1) is 11.3 Å². The molecule has 14 heteroatoms. The molecule has 3 heterocycles. The van der Waals surface area contributed by atoms with E-state index in [1.165, 1.54) is 49.0 Å². The molecule has 2 aromatic carbocycles. The van der Waals surface area contributed by atoms with E-state index in [0.29, 0.717) is 26.6 Å². The number of methoxy groups -OCH3 is 1. The lowest BCUT2D eigenvalue weighted by molar-refractivity contribution is 0.0690. The minimum atomic E-state index is -1.19. The monoisotopic (exact) mass is 583 g/mol. The van der Waals surface area contributed by atoms with E-state index in [2.05, 4.69) is 25.3 Å². The first kappa shape index (κ1) is 27.0. The van der Waals surface area contributed by atoms with Crippen LogP contribution in [0.1, 0.15) is 16.1 Å². The van der Waals surface area contributed by atoms with Gasteiger partial charge in [0.2, 0.25) is 5.88 Å². The Hall–Kier alpha value is -4.62. The van der Waals surface area contributed by atoms with Crippen LogP contribution >= 0.6 is 22.9 Å². The number of aromatic nitrogens is 4. The Balaban J connectivity index is 1.29. The van der Waals surface area contributed by atoms with Crippen molar-refractivity contribution in [3.63, 3.8) is 0 Å². The summed E-state index contributed by atoms with van der Waals surface area (Å²) in [6, 6.07) is 7.89. The highest BCUT2D eigenvalue weighted by Gasteiger charge is 2.20. The van der Waals surface area contributed by atoms with Crippen molar-refractivity contribution in [2.24, 2.45) is 0 Å². The maximum Gasteiger partial charge on any atom is 0.411 e. The van der Waals surface area contributed by atoms with Gasteiger partial charge in [0.25, 0.3) is 0 Å². The highest BCUT2D eigenvalue weighted by atomic mass is 35.5. The van der Waals surface area contributed by atoms with Gasteiger partial charge in [-0.25, -0.2) is 33.9 Å². The van der Waals surface area contributed by atoms with Crippen molar-refractivity contribution in [3.05, 3.63) is 64.8 Å². The molecule has 0 aliphatic carbocycles. The zero-order valence-corrected chi connectivity index (χ0v) is 22.5. The third-order valence-electron chi connectivity index (χ3n) is 5.54. The highest BCUT2D eigenvalue weighted by molar-refractivity contribution is 7.21. The predicted molar refractivity (Wildman–Crippen MR) is 146 cm³/mol. The molecule has 40 heavy (non-hydrogen) atoms. The van der Waals surface area contributed by atoms with E-state index < -0.39 is 17.9 Å². The number of nitrogens with zero attached hydrogens (tertiary/aromatic N) is 4. The van der Waals surface area contributed by atoms with Crippen molar-refractivity contribution in [2.45, 2.75) is 6.92 Å². The highest BCUT2D eigenvalue weighted by Crippen LogP contribution is 2.40. The summed E-state index contributed by atoms with van der Waals surface area (Å²) < 4.78 is 31.3. The van der Waals surface area contributed by atoms with Crippen molar-refractivity contribution in [2.75, 3.05) is 25.6 Å². The molecule has 11 nitrogen and oxygen atoms in total. The number of carboxylic acid groups (broad SMARTS) is 1. The molecule has 3 aromatic heterocycles. The second-order valence-corrected chi connectivity index (χ2v) is 9.72. The van der Waals surface area contributed by atoms with Gasteiger partial charge >= 0.3 is 12.1 Å². The Labute approximate surface area is 234 Å². The topological polar surface area (TPSA) is 146 Å². The lowest BCUT2D eigenvalue weighted by Gasteiger charge is -2.10. The number of halogens is 2. The lowest BCUT2D eigenvalue weighted by Crippen LogP contribution is -2.18. The molecule has 0 saturated carbocycles. The van der Waals surface area contributed by atoms with Crippen LogP contribution in [0.25, 0.3) is 31.8 Å². The van der Waals surface area contributed by atoms with Crippen molar-refractivity contribution in [1.82, 2.24) is 19.9 Å². The van der Waals surface area contributed by atoms with Crippen molar-refractivity contribution in [1.29, 1.82) is 0 Å². The molecule has 0 atom stereocenters. The van der Waals surface area contributed by atoms with Crippen LogP contribution in [0.15, 0.2) is 42.7 Å². The van der Waals surface area contributed by atoms with Crippen LogP contribution < -0.4 is 14.8 Å². The Morgan fingerprint density at radius 2 is 1.93 bits per heavy atom. The van der Waals surface area contributed by atoms with Crippen LogP contribution in [0.5, 0.6) is 11.6 Å². The molecular formula is C26H19ClFN5O6S. The lowest BCUT2D eigenvalue weighted by atomic mass is 10.1. The Bertz CT molecular complexity index is 1770. The number of carbonyl (C=O) groups excluding carboxylic acids is 1. The van der Waals surface area contributed by atoms with Crippen LogP contribution in [0.4, 0.5) is 14.9 Å². The number of hydrogen-bond acceptors (Lipinski definition) is 10. The summed E-state index contributed by atoms with van der Waals surface area (Å²) in [5.41, 5.74) is 3.25. The maximum absolute atomic E-state index is 15.0. The zero-order chi connectivity index (χ0) is 28.4. The van der Waals surface area contributed by atoms with E-state index in [4.69, 9.17) is 30.9 Å². The third-order valence-corrected chi connectivity index (χ3v) is 6.92. The molecular weight excluding hydrogens is 565 g/mol. The Kier molecular flexibility index (Phi) is 7.58. The van der Waals surface area contributed by atoms with E-state index in [1.807, 2.05) is 19.1 Å². The fourth-order valence-corrected chi connectivity index (χ4v) is 5.06. The molecule has 0 aliphatic heterocycles. The van der Waals surface area contributed by atoms with Crippen LogP contribution in [0.2, 0.25) is 5.02 Å². The number of nitrogens with one attached hydrogen (secondary N) is 1. The summed E-state index contributed by atoms with van der Waals surface area (Å²) >= 11 is 7.60. The van der Waals surface area contributed by atoms with Gasteiger partial charge in [0, 0.05) is 11.6 Å². The van der Waals surface area contributed by atoms with Gasteiger partial charge in [-0.1, -0.05) is 11.6 Å². The Morgan fingerprint density at radius 1 is 1.10 bits per heavy atom. The maximum atomic E-state index is 15.0. The largest absolute Gasteiger partial charge is 0.487 e. The molecule has 0 aliphatic rings. The molecule has 0 unspecified atom stereocenters. The van der Waals surface area contributed by atoms with E-state index in [0.717, 1.165) is 11.1 Å². The summed E-state index contributed by atoms with van der Waals surface area (Å²) in [4.78, 5) is 40.0. The van der Waals surface area contributed by atoms with E-state index >= 15 is 4.39 Å². The number of anilines is 1. The fraction of sp³-hybridized carbons (Fsp3) is 0.154. The summed E-state index contributed by atoms with van der Waals surface area (Å²) in [7, 11) is 1.51. The van der Waals surface area contributed by atoms with E-state index in [-0.39, 0.29) is 40.9 Å². The van der Waals surface area contributed by atoms with Crippen molar-refractivity contribution < 1.29 is 33.3 Å². The summed E-state index contributed by atoms with van der Waals surface area (Å²) in [5.74, 6) is -1.72.